The maximum Gasteiger partial charge on any atom is 0.161 e. The first-order valence-electron chi connectivity index (χ1n) is 13.4. The Labute approximate surface area is 156 Å². The summed E-state index contributed by atoms with van der Waals surface area (Å²) in [5.74, 6) is -4.78. The number of piperidine rings is 1. The molecule has 23 heavy (non-hydrogen) atoms. The van der Waals surface area contributed by atoms with Crippen LogP contribution in [0.25, 0.3) is 0 Å². The number of hydrogen-bond acceptors (Lipinski definition) is 4. The van der Waals surface area contributed by atoms with Crippen molar-refractivity contribution in [3.63, 3.8) is 0 Å². The van der Waals surface area contributed by atoms with Gasteiger partial charge in [0.15, 0.2) is 11.5 Å². The fraction of sp³-hybridized carbons (Fsp3) is 0.684. The highest BCUT2D eigenvalue weighted by Gasteiger charge is 2.38. The van der Waals surface area contributed by atoms with E-state index in [1.54, 1.807) is 0 Å². The highest BCUT2D eigenvalue weighted by Crippen LogP contribution is 2.43. The molecule has 2 aliphatic heterocycles. The van der Waals surface area contributed by atoms with Crippen molar-refractivity contribution in [1.29, 1.82) is 0 Å². The monoisotopic (exact) mass is 331 g/mol. The van der Waals surface area contributed by atoms with Gasteiger partial charge in [0.2, 0.25) is 0 Å². The average molecular weight is 332 g/mol. The number of benzene rings is 1. The van der Waals surface area contributed by atoms with Crippen LogP contribution < -0.4 is 9.47 Å². The van der Waals surface area contributed by atoms with E-state index in [-0.39, 0.29) is 22.6 Å². The van der Waals surface area contributed by atoms with Crippen LogP contribution in [-0.4, -0.2) is 43.3 Å². The second-order valence-electron chi connectivity index (χ2n) is 5.60. The van der Waals surface area contributed by atoms with Crippen LogP contribution in [0.3, 0.4) is 0 Å². The molecule has 1 unspecified atom stereocenters. The van der Waals surface area contributed by atoms with E-state index in [0.29, 0.717) is 4.90 Å². The molecule has 0 spiro atoms. The molecule has 2 heterocycles. The molecule has 0 amide bonds. The lowest BCUT2D eigenvalue weighted by Gasteiger charge is -2.46. The third-order valence-corrected chi connectivity index (χ3v) is 4.04. The summed E-state index contributed by atoms with van der Waals surface area (Å²) in [5, 5.41) is 11.0. The number of aliphatic hydroxyl groups excluding tert-OH is 1. The molecular weight excluding hydrogens is 290 g/mol. The van der Waals surface area contributed by atoms with Gasteiger partial charge in [-0.05, 0) is 54.2 Å². The molecule has 1 saturated heterocycles. The van der Waals surface area contributed by atoms with Gasteiger partial charge in [-0.25, -0.2) is 0 Å². The van der Waals surface area contributed by atoms with Crippen LogP contribution in [0, 0.1) is 11.8 Å². The molecule has 1 N–H and O–H groups in total. The zero-order valence-electron chi connectivity index (χ0n) is 25.3. The minimum absolute atomic E-state index is 0.120. The van der Waals surface area contributed by atoms with Crippen molar-refractivity contribution in [3.8, 4) is 11.5 Å². The van der Waals surface area contributed by atoms with Crippen molar-refractivity contribution in [2.24, 2.45) is 11.8 Å². The lowest BCUT2D eigenvalue weighted by molar-refractivity contribution is -0.0191. The Morgan fingerprint density at radius 3 is 2.91 bits per heavy atom. The summed E-state index contributed by atoms with van der Waals surface area (Å²) in [4.78, 5) is 0.527. The molecule has 3 rings (SSSR count). The topological polar surface area (TPSA) is 41.9 Å². The Bertz CT molecular complexity index is 994. The second kappa shape index (κ2) is 6.70. The number of aryl methyl sites for hydroxylation is 1. The summed E-state index contributed by atoms with van der Waals surface area (Å²) >= 11 is 0. The summed E-state index contributed by atoms with van der Waals surface area (Å²) < 4.78 is 111. The lowest BCUT2D eigenvalue weighted by atomic mass is 9.79. The molecule has 0 bridgehead atoms. The maximum absolute atomic E-state index is 11.0. The Hall–Kier alpha value is -1.26. The highest BCUT2D eigenvalue weighted by atomic mass is 16.5. The van der Waals surface area contributed by atoms with Crippen LogP contribution in [0.5, 0.6) is 11.5 Å². The molecule has 0 saturated carbocycles. The maximum atomic E-state index is 11.0. The summed E-state index contributed by atoms with van der Waals surface area (Å²) in [6.07, 6.45) is -8.28. The van der Waals surface area contributed by atoms with Crippen molar-refractivity contribution in [2.45, 2.75) is 45.1 Å². The number of methoxy groups -OCH3 is 2. The van der Waals surface area contributed by atoms with E-state index in [4.69, 9.17) is 25.9 Å². The van der Waals surface area contributed by atoms with Crippen molar-refractivity contribution in [2.75, 3.05) is 27.2 Å². The Balaban J connectivity index is 2.28. The lowest BCUT2D eigenvalue weighted by Crippen LogP contribution is -2.48. The van der Waals surface area contributed by atoms with E-state index < -0.39 is 63.0 Å². The predicted molar refractivity (Wildman–Crippen MR) is 91.1 cm³/mol. The van der Waals surface area contributed by atoms with E-state index in [1.807, 2.05) is 0 Å². The van der Waals surface area contributed by atoms with Crippen LogP contribution in [0.4, 0.5) is 0 Å². The first-order valence-corrected chi connectivity index (χ1v) is 7.36. The van der Waals surface area contributed by atoms with Gasteiger partial charge in [-0.2, -0.15) is 0 Å². The van der Waals surface area contributed by atoms with Crippen LogP contribution in [0.15, 0.2) is 12.1 Å². The van der Waals surface area contributed by atoms with Gasteiger partial charge >= 0.3 is 0 Å². The molecule has 0 aromatic heterocycles. The van der Waals surface area contributed by atoms with E-state index in [2.05, 4.69) is 0 Å². The summed E-state index contributed by atoms with van der Waals surface area (Å²) in [6, 6.07) is 1.37. The SMILES string of the molecule is [2H]C1([2H])[C@H](C([2H])([2H])C([2H])(C)C([2H])([2H])[2H])[C@H](O)C[C@H]2c3cc(OC)c(OC)cc3C([2H])([2H])C([2H])([2H])N21. The smallest absolute Gasteiger partial charge is 0.161 e. The van der Waals surface area contributed by atoms with Gasteiger partial charge in [0.25, 0.3) is 0 Å². The van der Waals surface area contributed by atoms with Crippen LogP contribution in [0.2, 0.25) is 0 Å². The van der Waals surface area contributed by atoms with Crippen LogP contribution in [-0.2, 0) is 6.37 Å². The zero-order chi connectivity index (χ0) is 27.2. The molecule has 1 fully saturated rings. The summed E-state index contributed by atoms with van der Waals surface area (Å²) in [6.45, 7) is -8.59. The van der Waals surface area contributed by atoms with E-state index in [1.165, 1.54) is 26.4 Å². The largest absolute Gasteiger partial charge is 0.493 e. The van der Waals surface area contributed by atoms with Crippen molar-refractivity contribution in [1.82, 2.24) is 4.90 Å². The van der Waals surface area contributed by atoms with Gasteiger partial charge in [-0.1, -0.05) is 13.8 Å². The van der Waals surface area contributed by atoms with Crippen molar-refractivity contribution < 1.29 is 31.0 Å². The number of fused-ring (bicyclic) bond motifs is 3. The molecule has 4 heteroatoms. The molecule has 1 aromatic carbocycles. The molecule has 4 nitrogen and oxygen atoms in total. The van der Waals surface area contributed by atoms with E-state index in [0.717, 1.165) is 6.92 Å². The number of aliphatic hydroxyl groups is 1. The second-order valence-corrected chi connectivity index (χ2v) is 5.60. The molecule has 0 aliphatic carbocycles. The van der Waals surface area contributed by atoms with Gasteiger partial charge in [0, 0.05) is 35.5 Å². The Morgan fingerprint density at radius 2 is 2.22 bits per heavy atom. The van der Waals surface area contributed by atoms with Crippen LogP contribution in [0.1, 0.15) is 60.2 Å². The standard InChI is InChI=1S/C19H29NO3/c1-12(2)7-14-11-20-6-5-13-8-18(22-3)19(23-4)9-15(13)16(20)10-17(14)21/h8-9,12,14,16-17,21H,5-7,10-11H2,1-4H3/t14-,16-,17+/m0/s1/i1D3,5D2,6D2,7D2,11D2,12D/t12?,14-,16-,17+. The number of rotatable bonds is 4. The van der Waals surface area contributed by atoms with Crippen molar-refractivity contribution >= 4 is 0 Å². The fourth-order valence-corrected chi connectivity index (χ4v) is 2.93. The minimum atomic E-state index is -3.20. The molecule has 128 valence electrons. The number of nitrogens with zero attached hydrogens (tertiary/aromatic N) is 1. The predicted octanol–water partition coefficient (Wildman–Crippen LogP) is 3.03. The molecular formula is C19H29NO3. The fourth-order valence-electron chi connectivity index (χ4n) is 2.93. The van der Waals surface area contributed by atoms with Gasteiger partial charge in [0.1, 0.15) is 0 Å². The van der Waals surface area contributed by atoms with Gasteiger partial charge in [-0.3, -0.25) is 4.90 Å². The van der Waals surface area contributed by atoms with Gasteiger partial charge in [-0.15, -0.1) is 0 Å². The summed E-state index contributed by atoms with van der Waals surface area (Å²) in [7, 11) is 2.66. The minimum Gasteiger partial charge on any atom is -0.493 e. The number of ether oxygens (including phenoxy) is 2. The van der Waals surface area contributed by atoms with Gasteiger partial charge in [0.05, 0.1) is 20.3 Å². The number of hydrogen-bond donors (Lipinski definition) is 1. The van der Waals surface area contributed by atoms with E-state index >= 15 is 0 Å². The van der Waals surface area contributed by atoms with Gasteiger partial charge < -0.3 is 14.6 Å². The molecule has 0 radical (unpaired) electrons. The normalized spacial score (nSPS) is 45.5. The third-order valence-electron chi connectivity index (χ3n) is 4.04. The average Bonchev–Trinajstić information content (AvgIpc) is 2.68. The molecule has 4 atom stereocenters. The highest BCUT2D eigenvalue weighted by molar-refractivity contribution is 5.49. The first-order chi connectivity index (χ1) is 15.6. The first kappa shape index (κ1) is 7.32. The third kappa shape index (κ3) is 3.20. The Morgan fingerprint density at radius 1 is 1.48 bits per heavy atom. The molecule has 2 aliphatic rings. The molecule has 1 aromatic rings. The zero-order valence-corrected chi connectivity index (χ0v) is 13.3. The van der Waals surface area contributed by atoms with Crippen molar-refractivity contribution in [3.05, 3.63) is 23.3 Å². The quantitative estimate of drug-likeness (QED) is 0.921. The van der Waals surface area contributed by atoms with E-state index in [9.17, 15) is 5.11 Å². The summed E-state index contributed by atoms with van der Waals surface area (Å²) in [5.41, 5.74) is -0.0205. The Kier molecular flexibility index (Phi) is 2.13. The van der Waals surface area contributed by atoms with Crippen LogP contribution >= 0.6 is 0 Å².